The van der Waals surface area contributed by atoms with Gasteiger partial charge in [-0.25, -0.2) is 0 Å². The van der Waals surface area contributed by atoms with E-state index in [9.17, 15) is 9.59 Å². The second kappa shape index (κ2) is 9.01. The molecule has 2 saturated heterocycles. The van der Waals surface area contributed by atoms with Crippen molar-refractivity contribution in [2.24, 2.45) is 5.92 Å². The molecular weight excluding hydrogens is 390 g/mol. The van der Waals surface area contributed by atoms with Crippen LogP contribution < -0.4 is 16.0 Å². The second-order valence-electron chi connectivity index (χ2n) is 9.36. The molecule has 31 heavy (non-hydrogen) atoms. The van der Waals surface area contributed by atoms with E-state index in [1.807, 2.05) is 18.2 Å². The number of aromatic amines is 1. The minimum Gasteiger partial charge on any atom is -0.356 e. The molecule has 0 bridgehead atoms. The number of hydrogen-bond acceptors (Lipinski definition) is 4. The lowest BCUT2D eigenvalue weighted by molar-refractivity contribution is -0.132. The smallest absolute Gasteiger partial charge is 0.226 e. The van der Waals surface area contributed by atoms with Crippen molar-refractivity contribution in [3.05, 3.63) is 36.0 Å². The summed E-state index contributed by atoms with van der Waals surface area (Å²) in [5.41, 5.74) is 2.06. The fraction of sp³-hybridized carbons (Fsp3) is 0.583. The van der Waals surface area contributed by atoms with E-state index in [0.29, 0.717) is 12.8 Å². The van der Waals surface area contributed by atoms with Gasteiger partial charge >= 0.3 is 0 Å². The van der Waals surface area contributed by atoms with Crippen molar-refractivity contribution in [3.63, 3.8) is 0 Å². The quantitative estimate of drug-likeness (QED) is 0.595. The molecule has 2 aromatic rings. The van der Waals surface area contributed by atoms with Crippen LogP contribution in [0.3, 0.4) is 0 Å². The number of H-pyrrole nitrogens is 1. The molecule has 1 aromatic heterocycles. The highest BCUT2D eigenvalue weighted by atomic mass is 16.2. The molecule has 166 valence electrons. The molecule has 4 unspecified atom stereocenters. The number of aromatic nitrogens is 1. The monoisotopic (exact) mass is 423 g/mol. The zero-order valence-corrected chi connectivity index (χ0v) is 18.0. The van der Waals surface area contributed by atoms with E-state index in [1.54, 1.807) is 0 Å². The number of carbonyl (C=O) groups excluding carboxylic acids is 2. The number of carbonyl (C=O) groups is 2. The molecule has 1 saturated carbocycles. The van der Waals surface area contributed by atoms with E-state index in [1.165, 1.54) is 19.3 Å². The minimum absolute atomic E-state index is 0.0830. The van der Waals surface area contributed by atoms with Crippen molar-refractivity contribution in [2.45, 2.75) is 63.2 Å². The molecule has 4 N–H and O–H groups in total. The van der Waals surface area contributed by atoms with Crippen LogP contribution in [0.25, 0.3) is 10.9 Å². The number of piperidine rings is 1. The Morgan fingerprint density at radius 1 is 1.13 bits per heavy atom. The highest BCUT2D eigenvalue weighted by Gasteiger charge is 2.41. The molecule has 0 spiro atoms. The van der Waals surface area contributed by atoms with Gasteiger partial charge in [0.25, 0.3) is 0 Å². The molecule has 2 aliphatic heterocycles. The molecule has 3 heterocycles. The second-order valence-corrected chi connectivity index (χ2v) is 9.36. The van der Waals surface area contributed by atoms with Crippen LogP contribution in [0.4, 0.5) is 0 Å². The third-order valence-electron chi connectivity index (χ3n) is 7.19. The first kappa shape index (κ1) is 20.5. The van der Waals surface area contributed by atoms with Crippen LogP contribution >= 0.6 is 0 Å². The molecular formula is C24H33N5O2. The average molecular weight is 424 g/mol. The summed E-state index contributed by atoms with van der Waals surface area (Å²) < 4.78 is 0. The first-order chi connectivity index (χ1) is 15.2. The number of amides is 2. The van der Waals surface area contributed by atoms with Crippen molar-refractivity contribution in [1.29, 1.82) is 0 Å². The maximum atomic E-state index is 12.9. The van der Waals surface area contributed by atoms with Crippen LogP contribution in [-0.2, 0) is 9.59 Å². The molecule has 3 fully saturated rings. The summed E-state index contributed by atoms with van der Waals surface area (Å²) in [6, 6.07) is 10.5. The molecule has 1 aromatic carbocycles. The van der Waals surface area contributed by atoms with Gasteiger partial charge in [-0.1, -0.05) is 24.6 Å². The highest BCUT2D eigenvalue weighted by molar-refractivity contribution is 5.83. The van der Waals surface area contributed by atoms with Gasteiger partial charge in [0.1, 0.15) is 6.17 Å². The van der Waals surface area contributed by atoms with Gasteiger partial charge in [0.05, 0.1) is 11.6 Å². The van der Waals surface area contributed by atoms with E-state index in [4.69, 9.17) is 0 Å². The topological polar surface area (TPSA) is 89.3 Å². The predicted molar refractivity (Wildman–Crippen MR) is 120 cm³/mol. The van der Waals surface area contributed by atoms with E-state index in [0.717, 1.165) is 49.1 Å². The Bertz CT molecular complexity index is 902. The van der Waals surface area contributed by atoms with Gasteiger partial charge in [-0.3, -0.25) is 14.9 Å². The standard InChI is InChI=1S/C24H33N5O2/c30-22(10-13-29-11-4-1-5-12-29)25-17-8-9-20-18(15-17)24(31)28-23(27-20)21-14-16-6-2-3-7-19(16)26-21/h2-3,6-7,14,17-18,20,23,26-27H,1,4-5,8-13,15H2,(H,25,30)(H,28,31). The Morgan fingerprint density at radius 2 is 1.97 bits per heavy atom. The minimum atomic E-state index is -0.197. The zero-order chi connectivity index (χ0) is 21.2. The Hall–Kier alpha value is -2.38. The number of fused-ring (bicyclic) bond motifs is 2. The van der Waals surface area contributed by atoms with Crippen molar-refractivity contribution >= 4 is 22.7 Å². The molecule has 4 atom stereocenters. The summed E-state index contributed by atoms with van der Waals surface area (Å²) in [5.74, 6) is 0.107. The van der Waals surface area contributed by atoms with Gasteiger partial charge < -0.3 is 20.5 Å². The van der Waals surface area contributed by atoms with E-state index < -0.39 is 0 Å². The molecule has 2 amide bonds. The summed E-state index contributed by atoms with van der Waals surface area (Å²) in [6.45, 7) is 3.08. The summed E-state index contributed by atoms with van der Waals surface area (Å²) in [6.07, 6.45) is 6.67. The number of hydrogen-bond donors (Lipinski definition) is 4. The lowest BCUT2D eigenvalue weighted by Gasteiger charge is -2.42. The SMILES string of the molecule is O=C(CCN1CCCCC1)NC1CCC2NC(c3cc4ccccc4[nH]3)NC(=O)C2C1. The lowest BCUT2D eigenvalue weighted by Crippen LogP contribution is -2.60. The first-order valence-corrected chi connectivity index (χ1v) is 11.8. The van der Waals surface area contributed by atoms with Crippen molar-refractivity contribution in [2.75, 3.05) is 19.6 Å². The van der Waals surface area contributed by atoms with Crippen LogP contribution in [0.2, 0.25) is 0 Å². The number of para-hydroxylation sites is 1. The number of likely N-dealkylation sites (tertiary alicyclic amines) is 1. The molecule has 7 nitrogen and oxygen atoms in total. The Labute approximate surface area is 183 Å². The van der Waals surface area contributed by atoms with Crippen LogP contribution in [0.15, 0.2) is 30.3 Å². The van der Waals surface area contributed by atoms with Crippen molar-refractivity contribution < 1.29 is 9.59 Å². The van der Waals surface area contributed by atoms with Gasteiger partial charge in [0, 0.05) is 30.6 Å². The van der Waals surface area contributed by atoms with Gasteiger partial charge in [-0.15, -0.1) is 0 Å². The Morgan fingerprint density at radius 3 is 2.81 bits per heavy atom. The predicted octanol–water partition coefficient (Wildman–Crippen LogP) is 2.42. The molecule has 3 aliphatic rings. The third-order valence-corrected chi connectivity index (χ3v) is 7.19. The molecule has 1 aliphatic carbocycles. The van der Waals surface area contributed by atoms with E-state index in [-0.39, 0.29) is 36.0 Å². The number of rotatable bonds is 5. The lowest BCUT2D eigenvalue weighted by atomic mass is 9.79. The van der Waals surface area contributed by atoms with Crippen molar-refractivity contribution in [1.82, 2.24) is 25.8 Å². The van der Waals surface area contributed by atoms with Crippen LogP contribution in [0.1, 0.15) is 56.8 Å². The van der Waals surface area contributed by atoms with Gasteiger partial charge in [-0.05, 0) is 62.7 Å². The van der Waals surface area contributed by atoms with Crippen molar-refractivity contribution in [3.8, 4) is 0 Å². The van der Waals surface area contributed by atoms with E-state index >= 15 is 0 Å². The number of nitrogens with one attached hydrogen (secondary N) is 4. The third kappa shape index (κ3) is 4.62. The van der Waals surface area contributed by atoms with Crippen LogP contribution in [0, 0.1) is 5.92 Å². The Kier molecular flexibility index (Phi) is 5.96. The number of nitrogens with zero attached hydrogens (tertiary/aromatic N) is 1. The van der Waals surface area contributed by atoms with E-state index in [2.05, 4.69) is 38.0 Å². The maximum absolute atomic E-state index is 12.9. The van der Waals surface area contributed by atoms with Crippen LogP contribution in [0.5, 0.6) is 0 Å². The summed E-state index contributed by atoms with van der Waals surface area (Å²) >= 11 is 0. The largest absolute Gasteiger partial charge is 0.356 e. The summed E-state index contributed by atoms with van der Waals surface area (Å²) in [7, 11) is 0. The molecule has 5 rings (SSSR count). The fourth-order valence-electron chi connectivity index (χ4n) is 5.46. The van der Waals surface area contributed by atoms with Gasteiger partial charge in [-0.2, -0.15) is 0 Å². The molecule has 0 radical (unpaired) electrons. The first-order valence-electron chi connectivity index (χ1n) is 11.8. The number of benzene rings is 1. The average Bonchev–Trinajstić information content (AvgIpc) is 3.23. The fourth-order valence-corrected chi connectivity index (χ4v) is 5.46. The summed E-state index contributed by atoms with van der Waals surface area (Å²) in [4.78, 5) is 31.2. The highest BCUT2D eigenvalue weighted by Crippen LogP contribution is 2.31. The molecule has 7 heteroatoms. The zero-order valence-electron chi connectivity index (χ0n) is 18.0. The van der Waals surface area contributed by atoms with Gasteiger partial charge in [0.2, 0.25) is 11.8 Å². The van der Waals surface area contributed by atoms with Gasteiger partial charge in [0.15, 0.2) is 0 Å². The summed E-state index contributed by atoms with van der Waals surface area (Å²) in [5, 5.41) is 11.1. The maximum Gasteiger partial charge on any atom is 0.226 e. The Balaban J connectivity index is 1.14. The normalized spacial score (nSPS) is 29.4. The van der Waals surface area contributed by atoms with Crippen LogP contribution in [-0.4, -0.2) is 53.4 Å².